The van der Waals surface area contributed by atoms with Gasteiger partial charge in [0.15, 0.2) is 5.84 Å². The molecule has 162 valence electrons. The van der Waals surface area contributed by atoms with Gasteiger partial charge in [-0.3, -0.25) is 15.6 Å². The second-order valence-electron chi connectivity index (χ2n) is 8.55. The van der Waals surface area contributed by atoms with Crippen molar-refractivity contribution in [2.75, 3.05) is 19.0 Å². The number of hydrogen-bond donors (Lipinski definition) is 4. The Balaban J connectivity index is 1.58. The van der Waals surface area contributed by atoms with Crippen molar-refractivity contribution in [1.29, 1.82) is 10.8 Å². The molecule has 1 amide bonds. The van der Waals surface area contributed by atoms with Crippen LogP contribution in [0.25, 0.3) is 0 Å². The lowest BCUT2D eigenvalue weighted by Crippen LogP contribution is -2.45. The smallest absolute Gasteiger partial charge is 0.260 e. The molecule has 1 aromatic carbocycles. The van der Waals surface area contributed by atoms with E-state index in [1.54, 1.807) is 30.2 Å². The van der Waals surface area contributed by atoms with E-state index in [1.807, 2.05) is 26.0 Å². The maximum atomic E-state index is 13.0. The summed E-state index contributed by atoms with van der Waals surface area (Å²) < 4.78 is 5.47. The first-order chi connectivity index (χ1) is 14.8. The summed E-state index contributed by atoms with van der Waals surface area (Å²) in [6.45, 7) is 5.68. The number of carbonyl (C=O) groups excluding carboxylic acids is 1. The number of ether oxygens (including phenoxy) is 1. The second-order valence-corrected chi connectivity index (χ2v) is 8.55. The topological polar surface area (TPSA) is 114 Å². The Hall–Kier alpha value is -3.26. The van der Waals surface area contributed by atoms with Crippen molar-refractivity contribution in [3.63, 3.8) is 0 Å². The fourth-order valence-electron chi connectivity index (χ4n) is 4.24. The zero-order valence-electron chi connectivity index (χ0n) is 18.1. The lowest BCUT2D eigenvalue weighted by atomic mass is 9.97. The summed E-state index contributed by atoms with van der Waals surface area (Å²) in [5.74, 6) is 1.17. The van der Waals surface area contributed by atoms with Crippen LogP contribution in [-0.4, -0.2) is 46.7 Å². The number of nitrogens with one attached hydrogen (secondary N) is 4. The van der Waals surface area contributed by atoms with Crippen molar-refractivity contribution in [3.05, 3.63) is 52.7 Å². The Labute approximate surface area is 182 Å². The molecule has 0 aliphatic carbocycles. The molecule has 0 bridgehead atoms. The summed E-state index contributed by atoms with van der Waals surface area (Å²) in [5, 5.41) is 23.0. The van der Waals surface area contributed by atoms with E-state index in [4.69, 9.17) is 15.6 Å². The Bertz CT molecular complexity index is 1060. The second kappa shape index (κ2) is 8.11. The summed E-state index contributed by atoms with van der Waals surface area (Å²) in [6, 6.07) is 8.99. The third-order valence-electron chi connectivity index (χ3n) is 5.96. The highest BCUT2D eigenvalue weighted by atomic mass is 16.5. The van der Waals surface area contributed by atoms with Gasteiger partial charge in [0.05, 0.1) is 12.7 Å². The van der Waals surface area contributed by atoms with Crippen LogP contribution in [0.15, 0.2) is 30.3 Å². The maximum Gasteiger partial charge on any atom is 0.260 e. The van der Waals surface area contributed by atoms with Crippen LogP contribution in [0, 0.1) is 10.8 Å². The van der Waals surface area contributed by atoms with Gasteiger partial charge in [-0.2, -0.15) is 0 Å². The van der Waals surface area contributed by atoms with E-state index in [-0.39, 0.29) is 17.3 Å². The van der Waals surface area contributed by atoms with Gasteiger partial charge < -0.3 is 20.3 Å². The van der Waals surface area contributed by atoms with E-state index in [0.717, 1.165) is 31.5 Å². The summed E-state index contributed by atoms with van der Waals surface area (Å²) >= 11 is 0. The SMILES string of the molecule is COc1cc2c(cc1C(=O)Nc1cccc(C(=N)N3C(=N)CCC3(C)C)n1)CNCC2. The number of nitrogens with zero attached hydrogens (tertiary/aromatic N) is 2. The maximum absolute atomic E-state index is 13.0. The number of methoxy groups -OCH3 is 1. The van der Waals surface area contributed by atoms with Crippen molar-refractivity contribution < 1.29 is 9.53 Å². The number of amidine groups is 2. The van der Waals surface area contributed by atoms with Crippen molar-refractivity contribution in [2.45, 2.75) is 45.2 Å². The molecule has 1 aromatic heterocycles. The van der Waals surface area contributed by atoms with Gasteiger partial charge in [-0.15, -0.1) is 0 Å². The Morgan fingerprint density at radius 3 is 2.77 bits per heavy atom. The molecule has 0 radical (unpaired) electrons. The molecule has 0 atom stereocenters. The fourth-order valence-corrected chi connectivity index (χ4v) is 4.24. The van der Waals surface area contributed by atoms with Gasteiger partial charge in [-0.05, 0) is 68.6 Å². The molecule has 2 aliphatic heterocycles. The van der Waals surface area contributed by atoms with E-state index in [9.17, 15) is 4.79 Å². The molecular weight excluding hydrogens is 392 g/mol. The van der Waals surface area contributed by atoms with Crippen molar-refractivity contribution in [3.8, 4) is 5.75 Å². The largest absolute Gasteiger partial charge is 0.496 e. The molecule has 0 unspecified atom stereocenters. The molecule has 4 rings (SSSR count). The number of fused-ring (bicyclic) bond motifs is 1. The Morgan fingerprint density at radius 2 is 2.06 bits per heavy atom. The highest BCUT2D eigenvalue weighted by Gasteiger charge is 2.38. The molecule has 2 aromatic rings. The molecule has 3 heterocycles. The fraction of sp³-hybridized carbons (Fsp3) is 0.391. The summed E-state index contributed by atoms with van der Waals surface area (Å²) in [7, 11) is 1.56. The molecule has 8 nitrogen and oxygen atoms in total. The van der Waals surface area contributed by atoms with Crippen LogP contribution >= 0.6 is 0 Å². The third kappa shape index (κ3) is 4.03. The van der Waals surface area contributed by atoms with Gasteiger partial charge in [0, 0.05) is 18.5 Å². The molecule has 31 heavy (non-hydrogen) atoms. The number of carbonyl (C=O) groups is 1. The van der Waals surface area contributed by atoms with Crippen LogP contribution in [0.5, 0.6) is 5.75 Å². The predicted octanol–water partition coefficient (Wildman–Crippen LogP) is 3.17. The number of rotatable bonds is 4. The minimum absolute atomic E-state index is 0.168. The van der Waals surface area contributed by atoms with Gasteiger partial charge >= 0.3 is 0 Å². The lowest BCUT2D eigenvalue weighted by Gasteiger charge is -2.32. The summed E-state index contributed by atoms with van der Waals surface area (Å²) in [6.07, 6.45) is 2.36. The third-order valence-corrected chi connectivity index (χ3v) is 5.96. The van der Waals surface area contributed by atoms with Gasteiger partial charge in [0.2, 0.25) is 0 Å². The number of anilines is 1. The monoisotopic (exact) mass is 420 g/mol. The van der Waals surface area contributed by atoms with E-state index >= 15 is 0 Å². The predicted molar refractivity (Wildman–Crippen MR) is 120 cm³/mol. The summed E-state index contributed by atoms with van der Waals surface area (Å²) in [4.78, 5) is 19.2. The zero-order chi connectivity index (χ0) is 22.2. The van der Waals surface area contributed by atoms with E-state index in [0.29, 0.717) is 35.1 Å². The molecule has 1 saturated heterocycles. The average molecular weight is 421 g/mol. The van der Waals surface area contributed by atoms with E-state index < -0.39 is 0 Å². The molecule has 4 N–H and O–H groups in total. The van der Waals surface area contributed by atoms with Crippen molar-refractivity contribution in [2.24, 2.45) is 0 Å². The van der Waals surface area contributed by atoms with Gasteiger partial charge in [0.1, 0.15) is 23.1 Å². The Morgan fingerprint density at radius 1 is 1.26 bits per heavy atom. The highest BCUT2D eigenvalue weighted by molar-refractivity contribution is 6.09. The first-order valence-electron chi connectivity index (χ1n) is 10.5. The molecule has 1 fully saturated rings. The first kappa shape index (κ1) is 21.0. The van der Waals surface area contributed by atoms with Crippen molar-refractivity contribution >= 4 is 23.4 Å². The van der Waals surface area contributed by atoms with Crippen LogP contribution in [0.4, 0.5) is 5.82 Å². The average Bonchev–Trinajstić information content (AvgIpc) is 3.04. The standard InChI is InChI=1S/C23H28N6O2/c1-23(2)9-7-19(24)29(23)21(25)17-5-4-6-20(27-17)28-22(30)16-11-15-13-26-10-8-14(15)12-18(16)31-3/h4-6,11-12,24-26H,7-10,13H2,1-3H3,(H,27,28,30). The number of hydrogen-bond acceptors (Lipinski definition) is 6. The quantitative estimate of drug-likeness (QED) is 0.448. The molecule has 2 aliphatic rings. The van der Waals surface area contributed by atoms with Crippen LogP contribution in [0.2, 0.25) is 0 Å². The molecular formula is C23H28N6O2. The molecule has 8 heteroatoms. The zero-order valence-corrected chi connectivity index (χ0v) is 18.1. The number of aromatic nitrogens is 1. The highest BCUT2D eigenvalue weighted by Crippen LogP contribution is 2.31. The normalized spacial score (nSPS) is 17.3. The minimum Gasteiger partial charge on any atom is -0.496 e. The van der Waals surface area contributed by atoms with Gasteiger partial charge in [-0.1, -0.05) is 6.07 Å². The number of amides is 1. The van der Waals surface area contributed by atoms with Gasteiger partial charge in [0.25, 0.3) is 5.91 Å². The summed E-state index contributed by atoms with van der Waals surface area (Å²) in [5.41, 5.74) is 2.85. The van der Waals surface area contributed by atoms with Crippen molar-refractivity contribution in [1.82, 2.24) is 15.2 Å². The first-order valence-corrected chi connectivity index (χ1v) is 10.5. The van der Waals surface area contributed by atoms with Crippen LogP contribution < -0.4 is 15.4 Å². The van der Waals surface area contributed by atoms with Crippen LogP contribution in [-0.2, 0) is 13.0 Å². The van der Waals surface area contributed by atoms with Gasteiger partial charge in [-0.25, -0.2) is 4.98 Å². The van der Waals surface area contributed by atoms with Crippen LogP contribution in [0.3, 0.4) is 0 Å². The molecule has 0 saturated carbocycles. The lowest BCUT2D eigenvalue weighted by molar-refractivity contribution is 0.102. The Kier molecular flexibility index (Phi) is 5.49. The number of pyridine rings is 1. The number of benzene rings is 1. The number of likely N-dealkylation sites (tertiary alicyclic amines) is 1. The van der Waals surface area contributed by atoms with E-state index in [2.05, 4.69) is 15.6 Å². The van der Waals surface area contributed by atoms with E-state index in [1.165, 1.54) is 5.56 Å². The molecule has 0 spiro atoms. The minimum atomic E-state index is -0.310. The van der Waals surface area contributed by atoms with Crippen LogP contribution in [0.1, 0.15) is 53.9 Å².